The van der Waals surface area contributed by atoms with Crippen LogP contribution in [0.1, 0.15) is 145 Å². The van der Waals surface area contributed by atoms with Crippen LogP contribution in [0.15, 0.2) is 136 Å². The molecule has 4 unspecified atom stereocenters. The Balaban J connectivity index is 0.000000160. The Morgan fingerprint density at radius 1 is 0.504 bits per heavy atom. The summed E-state index contributed by atoms with van der Waals surface area (Å²) in [6.45, 7) is 11.2. The number of likely N-dealkylation sites (N-methyl/N-ethyl adjacent to an activating group) is 2. The first-order valence-corrected chi connectivity index (χ1v) is 45.8. The second-order valence-electron chi connectivity index (χ2n) is 31.6. The zero-order valence-electron chi connectivity index (χ0n) is 69.5. The van der Waals surface area contributed by atoms with E-state index in [2.05, 4.69) is 41.9 Å². The summed E-state index contributed by atoms with van der Waals surface area (Å²) in [6.07, 6.45) is -21.0. The third kappa shape index (κ3) is 21.3. The Bertz CT molecular complexity index is 6180. The second kappa shape index (κ2) is 39.1. The Hall–Kier alpha value is -8.65. The predicted molar refractivity (Wildman–Crippen MR) is 475 cm³/mol. The van der Waals surface area contributed by atoms with E-state index >= 15 is 0 Å². The Morgan fingerprint density at radius 2 is 0.902 bits per heavy atom. The molecule has 5 amide bonds. The van der Waals surface area contributed by atoms with Crippen LogP contribution in [0.2, 0.25) is 50.2 Å². The van der Waals surface area contributed by atoms with Gasteiger partial charge in [-0.25, -0.2) is 12.8 Å². The van der Waals surface area contributed by atoms with Gasteiger partial charge in [-0.2, -0.15) is 52.7 Å². The summed E-state index contributed by atoms with van der Waals surface area (Å²) < 4.78 is 218. The number of sulfone groups is 1. The van der Waals surface area contributed by atoms with Crippen LogP contribution in [0.25, 0.3) is 0 Å². The van der Waals surface area contributed by atoms with Gasteiger partial charge >= 0.3 is 31.8 Å². The number of nitrogens with one attached hydrogen (secondary N) is 4. The number of alkyl halides is 12. The monoisotopic (exact) mass is 2100 g/mol. The summed E-state index contributed by atoms with van der Waals surface area (Å²) in [6, 6.07) is 25.3. The number of rotatable bonds is 18. The van der Waals surface area contributed by atoms with Gasteiger partial charge < -0.3 is 59.9 Å². The molecule has 7 aliphatic heterocycles. The second-order valence-corrected chi connectivity index (χ2v) is 38.9. The molecule has 0 saturated carbocycles. The highest BCUT2D eigenvalue weighted by Gasteiger charge is 2.67. The van der Waals surface area contributed by atoms with E-state index in [1.54, 1.807) is 90.1 Å². The number of oxime groups is 4. The van der Waals surface area contributed by atoms with Crippen molar-refractivity contribution in [2.75, 3.05) is 51.3 Å². The van der Waals surface area contributed by atoms with Crippen molar-refractivity contribution in [3.63, 3.8) is 0 Å². The first-order valence-electron chi connectivity index (χ1n) is 39.1. The van der Waals surface area contributed by atoms with Gasteiger partial charge in [-0.3, -0.25) is 24.0 Å². The van der Waals surface area contributed by atoms with E-state index in [1.165, 1.54) is 23.1 Å². The van der Waals surface area contributed by atoms with Crippen molar-refractivity contribution in [2.24, 2.45) is 20.6 Å². The van der Waals surface area contributed by atoms with Crippen molar-refractivity contribution in [2.45, 2.75) is 132 Å². The normalized spacial score (nSPS) is 20.3. The Kier molecular flexibility index (Phi) is 30.4. The SMILES string of the molecule is CC1(C)OB(O)c2ccc(C3=NOC(c4cc(Cl)c(Cl)c(Cl)c4)(C(F)(F)F)C3)cc21.CCNC(=O)CNC(=O)c1ccc(C2=NOC(c3cc(Cl)cc(Cl)c3)(C(F)(F)F)C2)cc1C.CCNC(=O)CNC(=O)c1sc(C2=NOC(c3cc(Cl)c(Cl)c(Cl)c3)(C(F)(F)F)C2)cc1C.CS(=O)(=O)CC(=O)N1CC2(C1)OCc1cc(C3=NOC(c4cc(Cl)c(F)c(Cl)c4)(C(F)(F)F)C3)ccc12. The molecular formula is C84H69BCl10F13N9O14S2. The van der Waals surface area contributed by atoms with Gasteiger partial charge in [0.15, 0.2) is 15.7 Å². The predicted octanol–water partition coefficient (Wildman–Crippen LogP) is 19.7. The summed E-state index contributed by atoms with van der Waals surface area (Å²) in [5, 5.41) is 33.2. The van der Waals surface area contributed by atoms with E-state index in [0.717, 1.165) is 71.7 Å². The Morgan fingerprint density at radius 3 is 1.34 bits per heavy atom. The van der Waals surface area contributed by atoms with Gasteiger partial charge in [0, 0.05) is 76.5 Å². The lowest BCUT2D eigenvalue weighted by Crippen LogP contribution is -2.62. The fourth-order valence-electron chi connectivity index (χ4n) is 15.2. The number of aryl methyl sites for hydroxylation is 2. The molecule has 8 heterocycles. The molecular weight excluding hydrogens is 2040 g/mol. The number of hydrogen-bond acceptors (Lipinski definition) is 19. The van der Waals surface area contributed by atoms with Gasteiger partial charge in [0.2, 0.25) is 17.7 Å². The lowest BCUT2D eigenvalue weighted by molar-refractivity contribution is -0.276. The molecule has 8 aromatic rings. The number of ether oxygens (including phenoxy) is 1. The molecule has 710 valence electrons. The number of fused-ring (bicyclic) bond motifs is 3. The summed E-state index contributed by atoms with van der Waals surface area (Å²) in [4.78, 5) is 82.0. The number of carbonyl (C=O) groups is 5. The van der Waals surface area contributed by atoms with Crippen molar-refractivity contribution in [1.29, 1.82) is 0 Å². The molecule has 133 heavy (non-hydrogen) atoms. The molecule has 23 nitrogen and oxygen atoms in total. The average molecular weight is 2100 g/mol. The molecule has 5 N–H and O–H groups in total. The quantitative estimate of drug-likeness (QED) is 0.0303. The molecule has 0 aliphatic carbocycles. The van der Waals surface area contributed by atoms with E-state index < -0.39 is 146 Å². The molecule has 7 aromatic carbocycles. The standard InChI is InChI=1S/C23H18Cl2F4N2O5S.C22H20Cl2F3N3O3.C20H17Cl3F3N3O3S.C19H14BCl3F3NO3/c1-37(33,34)9-19(32)31-10-21(11-31)15-3-2-12(4-13(15)8-35-21)18-7-22(36-30-18,23(27,28)29)14-5-16(24)20(26)17(25)6-14;1-3-28-19(31)11-29-20(32)17-5-4-13(6-12(17)2)18-10-21(33-30-18,22(25,26)27)14-7-15(23)9-16(24)8-14;1-3-27-15(30)8-28-18(31)17-9(2)4-14(33-17)13-7-19(32-29-13,20(24,25)26)10-5-11(21)16(23)12(22)6-10;1-17(2)11-5-9(3-4-12(11)20(28)29-17)15-8-18(30-27-15,19(24,25)26)10-6-13(21)16(23)14(22)7-10/h2-6H,7-11H2,1H3;4-9H,3,10-11H2,1-2H3,(H,28,31)(H,29,32);4-6H,3,7-8H2,1-2H3,(H,27,30)(H,28,31);3-7,28H,8H2,1-2H3. The number of benzene rings is 7. The number of hydrogen-bond donors (Lipinski definition) is 5. The lowest BCUT2D eigenvalue weighted by atomic mass is 9.77. The summed E-state index contributed by atoms with van der Waals surface area (Å²) in [5.41, 5.74) is -8.90. The summed E-state index contributed by atoms with van der Waals surface area (Å²) in [5.74, 6) is -3.85. The van der Waals surface area contributed by atoms with Crippen molar-refractivity contribution < 1.29 is 123 Å². The van der Waals surface area contributed by atoms with Crippen molar-refractivity contribution >= 4 is 202 Å². The average Bonchev–Trinajstić information content (AvgIpc) is 1.57. The van der Waals surface area contributed by atoms with Crippen LogP contribution in [0, 0.1) is 19.7 Å². The van der Waals surface area contributed by atoms with Crippen LogP contribution >= 0.6 is 127 Å². The van der Waals surface area contributed by atoms with Crippen molar-refractivity contribution in [1.82, 2.24) is 26.2 Å². The smallest absolute Gasteiger partial charge is 0.423 e. The minimum absolute atomic E-state index is 0.00500. The molecule has 0 radical (unpaired) electrons. The summed E-state index contributed by atoms with van der Waals surface area (Å²) in [7, 11) is -4.57. The van der Waals surface area contributed by atoms with E-state index in [9.17, 15) is 94.5 Å². The highest BCUT2D eigenvalue weighted by molar-refractivity contribution is 7.91. The van der Waals surface area contributed by atoms with Gasteiger partial charge in [0.25, 0.3) is 34.2 Å². The van der Waals surface area contributed by atoms with E-state index in [4.69, 9.17) is 145 Å². The van der Waals surface area contributed by atoms with Crippen molar-refractivity contribution in [3.8, 4) is 0 Å². The third-order valence-electron chi connectivity index (χ3n) is 22.0. The number of likely N-dealkylation sites (tertiary alicyclic amines) is 1. The van der Waals surface area contributed by atoms with E-state index in [1.807, 2.05) is 0 Å². The first-order chi connectivity index (χ1) is 61.8. The number of nitrogens with zero attached hydrogens (tertiary/aromatic N) is 5. The zero-order chi connectivity index (χ0) is 98.0. The van der Waals surface area contributed by atoms with Gasteiger partial charge in [-0.15, -0.1) is 11.3 Å². The maximum absolute atomic E-state index is 14.3. The number of halogens is 23. The van der Waals surface area contributed by atoms with Crippen LogP contribution in [0.5, 0.6) is 0 Å². The molecule has 15 rings (SSSR count). The highest BCUT2D eigenvalue weighted by Crippen LogP contribution is 2.57. The van der Waals surface area contributed by atoms with Crippen LogP contribution < -0.4 is 26.7 Å². The van der Waals surface area contributed by atoms with Gasteiger partial charge in [0.1, 0.15) is 17.1 Å². The van der Waals surface area contributed by atoms with Crippen LogP contribution in [0.4, 0.5) is 57.1 Å². The minimum Gasteiger partial charge on any atom is -0.423 e. The third-order valence-corrected chi connectivity index (χ3v) is 27.4. The van der Waals surface area contributed by atoms with Crippen molar-refractivity contribution in [3.05, 3.63) is 253 Å². The molecule has 49 heteroatoms. The maximum Gasteiger partial charge on any atom is 0.492 e. The summed E-state index contributed by atoms with van der Waals surface area (Å²) >= 11 is 59.8. The molecule has 0 bridgehead atoms. The van der Waals surface area contributed by atoms with Gasteiger partial charge in [0.05, 0.1) is 112 Å². The fourth-order valence-corrected chi connectivity index (χ4v) is 19.1. The topological polar surface area (TPSA) is 296 Å². The number of carbonyl (C=O) groups excluding carboxylic acids is 5. The molecule has 1 fully saturated rings. The molecule has 7 aliphatic rings. The molecule has 1 spiro atoms. The Labute approximate surface area is 803 Å². The lowest BCUT2D eigenvalue weighted by Gasteiger charge is -2.47. The van der Waals surface area contributed by atoms with Gasteiger partial charge in [-0.1, -0.05) is 167 Å². The number of amides is 5. The largest absolute Gasteiger partial charge is 0.492 e. The zero-order valence-corrected chi connectivity index (χ0v) is 78.7. The van der Waals surface area contributed by atoms with Crippen LogP contribution in [-0.2, 0) is 93.2 Å². The molecule has 1 aromatic heterocycles. The minimum atomic E-state index is -4.93. The van der Waals surface area contributed by atoms with Crippen LogP contribution in [-0.4, -0.2) is 154 Å². The highest BCUT2D eigenvalue weighted by atomic mass is 35.5. The van der Waals surface area contributed by atoms with E-state index in [0.29, 0.717) is 62.4 Å². The first kappa shape index (κ1) is 103. The van der Waals surface area contributed by atoms with Crippen LogP contribution in [0.3, 0.4) is 0 Å². The molecule has 1 saturated heterocycles. The fraction of sp³-hybridized carbons (Fsp3) is 0.345. The van der Waals surface area contributed by atoms with E-state index in [-0.39, 0.29) is 135 Å². The molecule has 4 atom stereocenters. The number of thiophene rings is 1. The maximum atomic E-state index is 14.3. The van der Waals surface area contributed by atoms with Gasteiger partial charge in [-0.05, 0) is 176 Å².